The summed E-state index contributed by atoms with van der Waals surface area (Å²) in [6, 6.07) is 2.80. The zero-order chi connectivity index (χ0) is 18.9. The van der Waals surface area contributed by atoms with Gasteiger partial charge in [0.25, 0.3) is 0 Å². The van der Waals surface area contributed by atoms with Crippen molar-refractivity contribution in [1.82, 2.24) is 14.9 Å². The van der Waals surface area contributed by atoms with E-state index in [0.29, 0.717) is 16.9 Å². The molecule has 1 aromatic carbocycles. The molecule has 4 nitrogen and oxygen atoms in total. The van der Waals surface area contributed by atoms with E-state index in [0.717, 1.165) is 13.0 Å². The molecule has 2 aromatic rings. The van der Waals surface area contributed by atoms with Crippen molar-refractivity contribution in [1.29, 1.82) is 0 Å². The molecule has 2 rings (SSSR count). The summed E-state index contributed by atoms with van der Waals surface area (Å²) in [6.07, 6.45) is 11.9. The minimum absolute atomic E-state index is 0.229. The first-order valence-electron chi connectivity index (χ1n) is 8.70. The van der Waals surface area contributed by atoms with Crippen molar-refractivity contribution in [3.63, 3.8) is 0 Å². The molecule has 0 aliphatic rings. The quantitative estimate of drug-likeness (QED) is 0.444. The molecule has 1 heterocycles. The van der Waals surface area contributed by atoms with Crippen LogP contribution >= 0.6 is 11.6 Å². The molecule has 138 valence electrons. The Morgan fingerprint density at radius 1 is 1.15 bits per heavy atom. The molecule has 0 aliphatic carbocycles. The van der Waals surface area contributed by atoms with Gasteiger partial charge in [0.15, 0.2) is 12.1 Å². The van der Waals surface area contributed by atoms with Crippen LogP contribution in [0.5, 0.6) is 0 Å². The first-order valence-corrected chi connectivity index (χ1v) is 9.08. The van der Waals surface area contributed by atoms with Crippen molar-refractivity contribution in [2.45, 2.75) is 32.6 Å². The number of nitrogens with zero attached hydrogens (tertiary/aromatic N) is 3. The Bertz CT molecular complexity index is 762. The maximum absolute atomic E-state index is 14.3. The van der Waals surface area contributed by atoms with E-state index in [1.54, 1.807) is 6.07 Å². The topological polar surface area (TPSA) is 46.1 Å². The molecular weight excluding hydrogens is 353 g/mol. The number of hydrogen-bond donors (Lipinski definition) is 0. The first-order chi connectivity index (χ1) is 12.5. The van der Waals surface area contributed by atoms with E-state index in [1.165, 1.54) is 37.7 Å². The van der Waals surface area contributed by atoms with Crippen molar-refractivity contribution >= 4 is 24.0 Å². The summed E-state index contributed by atoms with van der Waals surface area (Å²) >= 11 is 5.78. The van der Waals surface area contributed by atoms with Gasteiger partial charge in [0.2, 0.25) is 0 Å². The van der Waals surface area contributed by atoms with Gasteiger partial charge >= 0.3 is 0 Å². The van der Waals surface area contributed by atoms with Crippen LogP contribution in [0.15, 0.2) is 30.7 Å². The first kappa shape index (κ1) is 20.0. The minimum atomic E-state index is -0.542. The Kier molecular flexibility index (Phi) is 7.73. The molecule has 0 unspecified atom stereocenters. The number of rotatable bonds is 9. The molecule has 0 atom stereocenters. The van der Waals surface area contributed by atoms with Gasteiger partial charge in [-0.15, -0.1) is 0 Å². The monoisotopic (exact) mass is 375 g/mol. The zero-order valence-corrected chi connectivity index (χ0v) is 15.8. The molecule has 0 N–H and O–H groups in total. The van der Waals surface area contributed by atoms with Crippen molar-refractivity contribution in [2.24, 2.45) is 0 Å². The molecule has 0 radical (unpaired) electrons. The third-order valence-corrected chi connectivity index (χ3v) is 4.23. The van der Waals surface area contributed by atoms with Crippen LogP contribution in [0.1, 0.15) is 48.5 Å². The van der Waals surface area contributed by atoms with E-state index in [-0.39, 0.29) is 17.0 Å². The Labute approximate surface area is 158 Å². The summed E-state index contributed by atoms with van der Waals surface area (Å²) in [7, 11) is 1.98. The van der Waals surface area contributed by atoms with Gasteiger partial charge in [0.1, 0.15) is 5.82 Å². The molecule has 0 fully saturated rings. The van der Waals surface area contributed by atoms with Gasteiger partial charge in [0.05, 0.1) is 10.6 Å². The van der Waals surface area contributed by atoms with Crippen molar-refractivity contribution in [2.75, 3.05) is 13.6 Å². The second-order valence-electron chi connectivity index (χ2n) is 6.16. The SMILES string of the molecule is CCCCCCN(C)/C=C\c1cc(-c2ncc(Cl)cn2)c(F)cc1C=O. The smallest absolute Gasteiger partial charge is 0.162 e. The third-order valence-electron chi connectivity index (χ3n) is 4.03. The number of aromatic nitrogens is 2. The van der Waals surface area contributed by atoms with Crippen molar-refractivity contribution < 1.29 is 9.18 Å². The standard InChI is InChI=1S/C20H23ClFN3O/c1-3-4-5-6-8-25(2)9-7-15-10-18(19(22)11-16(15)14-26)20-23-12-17(21)13-24-20/h7,9-14H,3-6,8H2,1-2H3/b9-7-. The summed E-state index contributed by atoms with van der Waals surface area (Å²) in [5.41, 5.74) is 1.14. The van der Waals surface area contributed by atoms with E-state index in [4.69, 9.17) is 11.6 Å². The number of carbonyl (C=O) groups is 1. The summed E-state index contributed by atoms with van der Waals surface area (Å²) in [5, 5.41) is 0.378. The van der Waals surface area contributed by atoms with Crippen LogP contribution in [0.2, 0.25) is 5.02 Å². The maximum atomic E-state index is 14.3. The van der Waals surface area contributed by atoms with Gasteiger partial charge in [-0.3, -0.25) is 4.79 Å². The van der Waals surface area contributed by atoms with E-state index >= 15 is 0 Å². The molecule has 26 heavy (non-hydrogen) atoms. The van der Waals surface area contributed by atoms with Crippen LogP contribution < -0.4 is 0 Å². The van der Waals surface area contributed by atoms with Gasteiger partial charge in [-0.25, -0.2) is 14.4 Å². The molecular formula is C20H23ClFN3O. The second kappa shape index (κ2) is 10.0. The molecule has 0 spiro atoms. The molecule has 0 amide bonds. The minimum Gasteiger partial charge on any atom is -0.380 e. The van der Waals surface area contributed by atoms with Crippen LogP contribution in [0.25, 0.3) is 17.5 Å². The summed E-state index contributed by atoms with van der Waals surface area (Å²) in [4.78, 5) is 21.5. The molecule has 0 bridgehead atoms. The number of aldehydes is 1. The fourth-order valence-corrected chi connectivity index (χ4v) is 2.64. The highest BCUT2D eigenvalue weighted by Gasteiger charge is 2.12. The fourth-order valence-electron chi connectivity index (χ4n) is 2.54. The third kappa shape index (κ3) is 5.63. The Morgan fingerprint density at radius 2 is 1.88 bits per heavy atom. The Balaban J connectivity index is 2.21. The molecule has 0 saturated carbocycles. The number of benzene rings is 1. The van der Waals surface area contributed by atoms with Crippen LogP contribution in [0.3, 0.4) is 0 Å². The zero-order valence-electron chi connectivity index (χ0n) is 15.1. The van der Waals surface area contributed by atoms with Crippen molar-refractivity contribution in [3.05, 3.63) is 52.7 Å². The van der Waals surface area contributed by atoms with Gasteiger partial charge in [-0.1, -0.05) is 37.8 Å². The van der Waals surface area contributed by atoms with E-state index < -0.39 is 5.82 Å². The highest BCUT2D eigenvalue weighted by molar-refractivity contribution is 6.30. The average molecular weight is 376 g/mol. The van der Waals surface area contributed by atoms with Crippen LogP contribution in [-0.2, 0) is 0 Å². The highest BCUT2D eigenvalue weighted by atomic mass is 35.5. The lowest BCUT2D eigenvalue weighted by molar-refractivity contribution is 0.112. The lowest BCUT2D eigenvalue weighted by Crippen LogP contribution is -2.11. The van der Waals surface area contributed by atoms with E-state index in [1.807, 2.05) is 19.3 Å². The highest BCUT2D eigenvalue weighted by Crippen LogP contribution is 2.24. The molecule has 0 aliphatic heterocycles. The Morgan fingerprint density at radius 3 is 2.54 bits per heavy atom. The van der Waals surface area contributed by atoms with Crippen LogP contribution in [0, 0.1) is 5.82 Å². The summed E-state index contributed by atoms with van der Waals surface area (Å²) in [6.45, 7) is 3.11. The number of carbonyl (C=O) groups excluding carboxylic acids is 1. The van der Waals surface area contributed by atoms with E-state index in [9.17, 15) is 9.18 Å². The number of halogens is 2. The summed E-state index contributed by atoms with van der Waals surface area (Å²) in [5.74, 6) is -0.314. The Hall–Kier alpha value is -2.27. The predicted octanol–water partition coefficient (Wildman–Crippen LogP) is 5.23. The van der Waals surface area contributed by atoms with Crippen molar-refractivity contribution in [3.8, 4) is 11.4 Å². The second-order valence-corrected chi connectivity index (χ2v) is 6.60. The largest absolute Gasteiger partial charge is 0.380 e. The molecule has 1 aromatic heterocycles. The maximum Gasteiger partial charge on any atom is 0.162 e. The number of hydrogen-bond acceptors (Lipinski definition) is 4. The van der Waals surface area contributed by atoms with Gasteiger partial charge in [0, 0.05) is 31.5 Å². The molecule has 6 heteroatoms. The normalized spacial score (nSPS) is 11.1. The van der Waals surface area contributed by atoms with Crippen LogP contribution in [0.4, 0.5) is 4.39 Å². The van der Waals surface area contributed by atoms with Gasteiger partial charge in [-0.2, -0.15) is 0 Å². The van der Waals surface area contributed by atoms with Crippen LogP contribution in [-0.4, -0.2) is 34.7 Å². The van der Waals surface area contributed by atoms with E-state index in [2.05, 4.69) is 21.8 Å². The fraction of sp³-hybridized carbons (Fsp3) is 0.350. The summed E-state index contributed by atoms with van der Waals surface area (Å²) < 4.78 is 14.3. The lowest BCUT2D eigenvalue weighted by Gasteiger charge is -2.14. The van der Waals surface area contributed by atoms with Gasteiger partial charge in [-0.05, 0) is 36.4 Å². The lowest BCUT2D eigenvalue weighted by atomic mass is 10.0. The average Bonchev–Trinajstić information content (AvgIpc) is 2.64. The van der Waals surface area contributed by atoms with Gasteiger partial charge < -0.3 is 4.90 Å². The predicted molar refractivity (Wildman–Crippen MR) is 104 cm³/mol. The molecule has 0 saturated heterocycles. The number of unbranched alkanes of at least 4 members (excludes halogenated alkanes) is 3.